The molecule has 1 fully saturated rings. The molecule has 0 unspecified atom stereocenters. The molecule has 192 valence electrons. The van der Waals surface area contributed by atoms with E-state index in [2.05, 4.69) is 19.9 Å². The number of phenolic OH excluding ortho intramolecular Hbond substituents is 1. The molecule has 0 radical (unpaired) electrons. The van der Waals surface area contributed by atoms with E-state index in [0.717, 1.165) is 9.58 Å². The quantitative estimate of drug-likeness (QED) is 0.360. The van der Waals surface area contributed by atoms with Gasteiger partial charge in [-0.25, -0.2) is 29.1 Å². The van der Waals surface area contributed by atoms with Crippen LogP contribution >= 0.6 is 11.3 Å². The lowest BCUT2D eigenvalue weighted by Crippen LogP contribution is -2.36. The Labute approximate surface area is 216 Å². The zero-order valence-electron chi connectivity index (χ0n) is 20.3. The maximum Gasteiger partial charge on any atom is 0.341 e. The molecule has 10 nitrogen and oxygen atoms in total. The Kier molecular flexibility index (Phi) is 7.10. The lowest BCUT2D eigenvalue weighted by atomic mass is 10.2. The molecule has 1 N–H and O–H groups in total. The number of aromatic nitrogens is 4. The number of morpholine rings is 1. The minimum absolute atomic E-state index is 0.0605. The molecule has 0 saturated carbocycles. The highest BCUT2D eigenvalue weighted by Crippen LogP contribution is 2.36. The first-order valence-electron chi connectivity index (χ1n) is 11.7. The van der Waals surface area contributed by atoms with Gasteiger partial charge in [-0.1, -0.05) is 0 Å². The summed E-state index contributed by atoms with van der Waals surface area (Å²) in [4.78, 5) is 34.8. The van der Waals surface area contributed by atoms with Gasteiger partial charge in [0.25, 0.3) is 0 Å². The Hall–Kier alpha value is -3.90. The van der Waals surface area contributed by atoms with Crippen LogP contribution < -0.4 is 9.80 Å². The van der Waals surface area contributed by atoms with Crippen molar-refractivity contribution in [3.63, 3.8) is 0 Å². The summed E-state index contributed by atoms with van der Waals surface area (Å²) >= 11 is 1.54. The first-order valence-corrected chi connectivity index (χ1v) is 12.6. The van der Waals surface area contributed by atoms with E-state index < -0.39 is 11.8 Å². The van der Waals surface area contributed by atoms with Crippen LogP contribution in [0.15, 0.2) is 36.7 Å². The molecule has 4 aromatic rings. The molecule has 37 heavy (non-hydrogen) atoms. The number of benzene rings is 1. The predicted octanol–water partition coefficient (Wildman–Crippen LogP) is 3.64. The fourth-order valence-corrected chi connectivity index (χ4v) is 5.15. The van der Waals surface area contributed by atoms with Crippen LogP contribution in [0, 0.1) is 5.82 Å². The van der Waals surface area contributed by atoms with Gasteiger partial charge in [0, 0.05) is 37.4 Å². The third-order valence-corrected chi connectivity index (χ3v) is 6.89. The number of fused-ring (bicyclic) bond motifs is 1. The number of halogens is 1. The van der Waals surface area contributed by atoms with E-state index in [1.807, 2.05) is 18.0 Å². The van der Waals surface area contributed by atoms with Gasteiger partial charge in [0.15, 0.2) is 11.6 Å². The molecule has 1 aliphatic rings. The number of carbonyl (C=O) groups excluding carboxylic acids is 1. The summed E-state index contributed by atoms with van der Waals surface area (Å²) in [5.74, 6) is 0.332. The lowest BCUT2D eigenvalue weighted by Gasteiger charge is -2.28. The van der Waals surface area contributed by atoms with E-state index in [1.165, 1.54) is 30.6 Å². The highest BCUT2D eigenvalue weighted by Gasteiger charge is 2.22. The van der Waals surface area contributed by atoms with E-state index in [9.17, 15) is 14.3 Å². The molecule has 0 atom stereocenters. The van der Waals surface area contributed by atoms with E-state index in [-0.39, 0.29) is 29.3 Å². The molecule has 0 bridgehead atoms. The van der Waals surface area contributed by atoms with E-state index in [0.29, 0.717) is 50.1 Å². The molecule has 0 aliphatic carbocycles. The topological polar surface area (TPSA) is 114 Å². The van der Waals surface area contributed by atoms with Gasteiger partial charge in [0.2, 0.25) is 5.95 Å². The van der Waals surface area contributed by atoms with Gasteiger partial charge in [-0.15, -0.1) is 11.3 Å². The third-order valence-electron chi connectivity index (χ3n) is 5.79. The van der Waals surface area contributed by atoms with E-state index in [1.54, 1.807) is 18.3 Å². The van der Waals surface area contributed by atoms with Crippen molar-refractivity contribution >= 4 is 39.3 Å². The van der Waals surface area contributed by atoms with Gasteiger partial charge >= 0.3 is 5.97 Å². The Bertz CT molecular complexity index is 1420. The SMILES string of the molecule is CCOC(=O)c1cnc(N(C)Cc2cc3nc(-c4cc(O)ccc4F)nc(N4CCOCC4)c3s2)nc1. The summed E-state index contributed by atoms with van der Waals surface area (Å²) in [6, 6.07) is 5.77. The number of nitrogens with zero attached hydrogens (tertiary/aromatic N) is 6. The van der Waals surface area contributed by atoms with Crippen molar-refractivity contribution in [2.75, 3.05) is 49.8 Å². The molecule has 4 heterocycles. The van der Waals surface area contributed by atoms with Crippen LogP contribution in [0.5, 0.6) is 5.75 Å². The number of esters is 1. The van der Waals surface area contributed by atoms with Crippen molar-refractivity contribution in [2.45, 2.75) is 13.5 Å². The summed E-state index contributed by atoms with van der Waals surface area (Å²) in [5, 5.41) is 9.93. The average molecular weight is 525 g/mol. The van der Waals surface area contributed by atoms with Crippen LogP contribution in [0.1, 0.15) is 22.2 Å². The molecule has 0 spiro atoms. The molecular formula is C25H25FN6O4S. The van der Waals surface area contributed by atoms with Gasteiger partial charge in [-0.2, -0.15) is 0 Å². The highest BCUT2D eigenvalue weighted by molar-refractivity contribution is 7.19. The minimum atomic E-state index is -0.510. The van der Waals surface area contributed by atoms with Crippen LogP contribution in [-0.2, 0) is 16.0 Å². The number of carbonyl (C=O) groups is 1. The standard InChI is InChI=1S/C25H25FN6O4S/c1-3-36-24(34)15-12-27-25(28-13-15)31(2)14-17-11-20-21(37-17)23(32-6-8-35-9-7-32)30-22(29-20)18-10-16(33)4-5-19(18)26/h4-5,10-13,33H,3,6-9,14H2,1-2H3. The predicted molar refractivity (Wildman–Crippen MR) is 138 cm³/mol. The zero-order valence-corrected chi connectivity index (χ0v) is 21.2. The number of thiophene rings is 1. The fourth-order valence-electron chi connectivity index (χ4n) is 3.98. The van der Waals surface area contributed by atoms with Crippen molar-refractivity contribution < 1.29 is 23.8 Å². The summed E-state index contributed by atoms with van der Waals surface area (Å²) in [6.45, 7) is 4.95. The van der Waals surface area contributed by atoms with E-state index >= 15 is 0 Å². The smallest absolute Gasteiger partial charge is 0.341 e. The van der Waals surface area contributed by atoms with Gasteiger partial charge in [0.05, 0.1) is 47.7 Å². The highest BCUT2D eigenvalue weighted by atomic mass is 32.1. The molecule has 5 rings (SSSR count). The first kappa shape index (κ1) is 24.8. The summed E-state index contributed by atoms with van der Waals surface area (Å²) in [7, 11) is 1.85. The maximum absolute atomic E-state index is 14.6. The maximum atomic E-state index is 14.6. The number of phenols is 1. The third kappa shape index (κ3) is 5.30. The van der Waals surface area contributed by atoms with Crippen LogP contribution in [0.4, 0.5) is 16.2 Å². The normalized spacial score (nSPS) is 13.6. The summed E-state index contributed by atoms with van der Waals surface area (Å²) in [5.41, 5.74) is 1.11. The van der Waals surface area contributed by atoms with Crippen molar-refractivity contribution in [1.29, 1.82) is 0 Å². The molecule has 3 aromatic heterocycles. The van der Waals surface area contributed by atoms with Crippen molar-refractivity contribution in [3.05, 3.63) is 52.9 Å². The van der Waals surface area contributed by atoms with Crippen LogP contribution in [0.25, 0.3) is 21.6 Å². The molecule has 1 aromatic carbocycles. The second-order valence-corrected chi connectivity index (χ2v) is 9.55. The summed E-state index contributed by atoms with van der Waals surface area (Å²) < 4.78 is 26.0. The van der Waals surface area contributed by atoms with Crippen LogP contribution in [-0.4, -0.2) is 71.0 Å². The van der Waals surface area contributed by atoms with Crippen molar-refractivity contribution in [3.8, 4) is 17.1 Å². The average Bonchev–Trinajstić information content (AvgIpc) is 3.32. The molecular weight excluding hydrogens is 499 g/mol. The van der Waals surface area contributed by atoms with Crippen LogP contribution in [0.2, 0.25) is 0 Å². The number of hydrogen-bond acceptors (Lipinski definition) is 11. The molecule has 1 aliphatic heterocycles. The molecule has 12 heteroatoms. The lowest BCUT2D eigenvalue weighted by molar-refractivity contribution is 0.0525. The van der Waals surface area contributed by atoms with Gasteiger partial charge in [-0.05, 0) is 31.2 Å². The molecule has 0 amide bonds. The fraction of sp³-hybridized carbons (Fsp3) is 0.320. The Balaban J connectivity index is 1.48. The first-order chi connectivity index (χ1) is 17.9. The Morgan fingerprint density at radius 1 is 1.22 bits per heavy atom. The van der Waals surface area contributed by atoms with Crippen LogP contribution in [0.3, 0.4) is 0 Å². The second kappa shape index (κ2) is 10.6. The monoisotopic (exact) mass is 524 g/mol. The zero-order chi connectivity index (χ0) is 25.9. The number of aromatic hydroxyl groups is 1. The number of hydrogen-bond donors (Lipinski definition) is 1. The number of rotatable bonds is 7. The van der Waals surface area contributed by atoms with Gasteiger partial charge < -0.3 is 24.4 Å². The second-order valence-electron chi connectivity index (χ2n) is 8.41. The summed E-state index contributed by atoms with van der Waals surface area (Å²) in [6.07, 6.45) is 2.89. The largest absolute Gasteiger partial charge is 0.508 e. The Morgan fingerprint density at radius 2 is 1.97 bits per heavy atom. The molecule has 1 saturated heterocycles. The van der Waals surface area contributed by atoms with Gasteiger partial charge in [0.1, 0.15) is 11.6 Å². The van der Waals surface area contributed by atoms with Crippen molar-refractivity contribution in [2.24, 2.45) is 0 Å². The van der Waals surface area contributed by atoms with Gasteiger partial charge in [-0.3, -0.25) is 0 Å². The minimum Gasteiger partial charge on any atom is -0.508 e. The number of anilines is 2. The Morgan fingerprint density at radius 3 is 2.70 bits per heavy atom. The van der Waals surface area contributed by atoms with Crippen molar-refractivity contribution in [1.82, 2.24) is 19.9 Å². The van der Waals surface area contributed by atoms with E-state index in [4.69, 9.17) is 14.5 Å². The number of ether oxygens (including phenoxy) is 2.